The van der Waals surface area contributed by atoms with E-state index in [9.17, 15) is 0 Å². The lowest BCUT2D eigenvalue weighted by molar-refractivity contribution is 1.17. The van der Waals surface area contributed by atoms with Crippen LogP contribution < -0.4 is 4.90 Å². The molecule has 3 heteroatoms. The van der Waals surface area contributed by atoms with E-state index >= 15 is 0 Å². The molecule has 12 rings (SSSR count). The number of aromatic nitrogens is 2. The Balaban J connectivity index is 1.08. The summed E-state index contributed by atoms with van der Waals surface area (Å²) in [5.74, 6) is 0. The van der Waals surface area contributed by atoms with Crippen LogP contribution in [0.5, 0.6) is 0 Å². The maximum Gasteiger partial charge on any atom is 0.0641 e. The van der Waals surface area contributed by atoms with E-state index in [0.717, 1.165) is 22.7 Å². The predicted molar refractivity (Wildman–Crippen MR) is 241 cm³/mol. The topological polar surface area (TPSA) is 12.6 Å². The highest BCUT2D eigenvalue weighted by molar-refractivity contribution is 6.33. The van der Waals surface area contributed by atoms with Crippen LogP contribution in [0.2, 0.25) is 0 Å². The quantitative estimate of drug-likeness (QED) is 0.166. The SMILES string of the molecule is c1ccc(-c2ccc(N(c3ccccc3)c3ccc(-n4c5cccc6c7cc(-c8ccccc8)ccc7n7c8ccccc8c8ccc4c(c65)c87)cc3)cc2)cc1. The van der Waals surface area contributed by atoms with Gasteiger partial charge >= 0.3 is 0 Å². The third-order valence-electron chi connectivity index (χ3n) is 11.8. The van der Waals surface area contributed by atoms with E-state index in [2.05, 4.69) is 226 Å². The number of hydrogen-bond acceptors (Lipinski definition) is 1. The summed E-state index contributed by atoms with van der Waals surface area (Å²) >= 11 is 0. The van der Waals surface area contributed by atoms with Gasteiger partial charge in [-0.25, -0.2) is 0 Å². The van der Waals surface area contributed by atoms with Gasteiger partial charge in [0.05, 0.1) is 27.6 Å². The Bertz CT molecular complexity index is 3420. The molecule has 266 valence electrons. The minimum absolute atomic E-state index is 1.10. The fourth-order valence-corrected chi connectivity index (χ4v) is 9.32. The summed E-state index contributed by atoms with van der Waals surface area (Å²) in [6.07, 6.45) is 0. The van der Waals surface area contributed by atoms with Gasteiger partial charge in [-0.15, -0.1) is 0 Å². The zero-order valence-corrected chi connectivity index (χ0v) is 31.0. The summed E-state index contributed by atoms with van der Waals surface area (Å²) in [7, 11) is 0. The van der Waals surface area contributed by atoms with E-state index in [1.165, 1.54) is 82.2 Å². The van der Waals surface area contributed by atoms with Gasteiger partial charge in [-0.3, -0.25) is 0 Å². The molecule has 0 radical (unpaired) electrons. The van der Waals surface area contributed by atoms with Gasteiger partial charge < -0.3 is 13.9 Å². The molecule has 0 N–H and O–H groups in total. The van der Waals surface area contributed by atoms with Gasteiger partial charge in [0.15, 0.2) is 0 Å². The summed E-state index contributed by atoms with van der Waals surface area (Å²) in [5, 5.41) is 7.64. The number of nitrogens with zero attached hydrogens (tertiary/aromatic N) is 3. The van der Waals surface area contributed by atoms with E-state index in [-0.39, 0.29) is 0 Å². The molecule has 0 bridgehead atoms. The third-order valence-corrected chi connectivity index (χ3v) is 11.8. The fourth-order valence-electron chi connectivity index (χ4n) is 9.32. The van der Waals surface area contributed by atoms with Crippen molar-refractivity contribution in [2.45, 2.75) is 0 Å². The Morgan fingerprint density at radius 3 is 1.54 bits per heavy atom. The maximum absolute atomic E-state index is 2.52. The number of para-hydroxylation sites is 2. The number of rotatable bonds is 6. The molecule has 0 atom stereocenters. The first-order chi connectivity index (χ1) is 28.3. The second-order valence-corrected chi connectivity index (χ2v) is 14.9. The number of anilines is 3. The van der Waals surface area contributed by atoms with Crippen LogP contribution in [-0.2, 0) is 0 Å². The minimum Gasteiger partial charge on any atom is -0.311 e. The van der Waals surface area contributed by atoms with Gasteiger partial charge in [-0.2, -0.15) is 0 Å². The van der Waals surface area contributed by atoms with Gasteiger partial charge in [-0.1, -0.05) is 133 Å². The van der Waals surface area contributed by atoms with Crippen LogP contribution in [-0.4, -0.2) is 8.97 Å². The van der Waals surface area contributed by atoms with Gasteiger partial charge in [0.1, 0.15) is 0 Å². The largest absolute Gasteiger partial charge is 0.311 e. The lowest BCUT2D eigenvalue weighted by atomic mass is 10.00. The molecule has 0 saturated heterocycles. The van der Waals surface area contributed by atoms with Gasteiger partial charge in [0.2, 0.25) is 0 Å². The molecule has 0 saturated carbocycles. The molecule has 3 aromatic heterocycles. The third kappa shape index (κ3) is 4.79. The fraction of sp³-hybridized carbons (Fsp3) is 0. The van der Waals surface area contributed by atoms with Crippen LogP contribution in [0.1, 0.15) is 0 Å². The predicted octanol–water partition coefficient (Wildman–Crippen LogP) is 14.7. The van der Waals surface area contributed by atoms with Crippen LogP contribution in [0.4, 0.5) is 17.1 Å². The Kier molecular flexibility index (Phi) is 6.93. The van der Waals surface area contributed by atoms with Crippen molar-refractivity contribution in [2.75, 3.05) is 4.90 Å². The standard InChI is InChI=1S/C54H35N3/c1-4-13-36(14-5-1)38-23-26-41(27-24-38)55(40-17-8-3-9-18-40)42-28-30-43(31-29-42)56-50-22-12-20-45-47-35-39(37-15-6-2-7-16-37)25-33-49(47)57-48-21-11-10-19-44(48)46-32-34-51(56)53(52(45)50)54(46)57/h1-35H. The average Bonchev–Trinajstić information content (AvgIpc) is 3.76. The van der Waals surface area contributed by atoms with Crippen LogP contribution in [0, 0.1) is 0 Å². The van der Waals surface area contributed by atoms with Crippen molar-refractivity contribution in [3.05, 3.63) is 212 Å². The molecule has 0 aliphatic rings. The Morgan fingerprint density at radius 1 is 0.298 bits per heavy atom. The Hall–Kier alpha value is -7.62. The molecule has 3 nitrogen and oxygen atoms in total. The molecule has 9 aromatic carbocycles. The Labute approximate surface area is 329 Å². The van der Waals surface area contributed by atoms with Crippen molar-refractivity contribution in [1.82, 2.24) is 8.97 Å². The molecule has 0 amide bonds. The summed E-state index contributed by atoms with van der Waals surface area (Å²) in [6.45, 7) is 0. The first-order valence-corrected chi connectivity index (χ1v) is 19.6. The lowest BCUT2D eigenvalue weighted by Gasteiger charge is -2.26. The first kappa shape index (κ1) is 31.7. The number of hydrogen-bond donors (Lipinski definition) is 0. The van der Waals surface area contributed by atoms with Crippen molar-refractivity contribution in [1.29, 1.82) is 0 Å². The molecule has 0 aliphatic heterocycles. The summed E-state index contributed by atoms with van der Waals surface area (Å²) in [5.41, 5.74) is 15.4. The molecular formula is C54H35N3. The van der Waals surface area contributed by atoms with Crippen molar-refractivity contribution >= 4 is 77.0 Å². The van der Waals surface area contributed by atoms with E-state index in [1.54, 1.807) is 0 Å². The summed E-state index contributed by atoms with van der Waals surface area (Å²) in [6, 6.07) is 77.3. The van der Waals surface area contributed by atoms with Gasteiger partial charge in [0.25, 0.3) is 0 Å². The number of fused-ring (bicyclic) bond motifs is 6. The van der Waals surface area contributed by atoms with Crippen molar-refractivity contribution < 1.29 is 0 Å². The van der Waals surface area contributed by atoms with Crippen molar-refractivity contribution in [3.8, 4) is 27.9 Å². The summed E-state index contributed by atoms with van der Waals surface area (Å²) in [4.78, 5) is 2.34. The monoisotopic (exact) mass is 725 g/mol. The normalized spacial score (nSPS) is 11.9. The molecule has 0 fully saturated rings. The molecule has 0 aliphatic carbocycles. The second kappa shape index (κ2) is 12.5. The minimum atomic E-state index is 1.10. The zero-order chi connectivity index (χ0) is 37.5. The molecule has 12 aromatic rings. The van der Waals surface area contributed by atoms with Crippen LogP contribution in [0.25, 0.3) is 87.8 Å². The molecular weight excluding hydrogens is 691 g/mol. The summed E-state index contributed by atoms with van der Waals surface area (Å²) < 4.78 is 4.98. The van der Waals surface area contributed by atoms with E-state index < -0.39 is 0 Å². The first-order valence-electron chi connectivity index (χ1n) is 19.6. The van der Waals surface area contributed by atoms with Gasteiger partial charge in [-0.05, 0) is 107 Å². The van der Waals surface area contributed by atoms with E-state index in [1.807, 2.05) is 0 Å². The van der Waals surface area contributed by atoms with E-state index in [4.69, 9.17) is 0 Å². The average molecular weight is 726 g/mol. The smallest absolute Gasteiger partial charge is 0.0641 e. The maximum atomic E-state index is 2.52. The molecule has 0 unspecified atom stereocenters. The van der Waals surface area contributed by atoms with Crippen LogP contribution >= 0.6 is 0 Å². The van der Waals surface area contributed by atoms with Crippen molar-refractivity contribution in [2.24, 2.45) is 0 Å². The zero-order valence-electron chi connectivity index (χ0n) is 31.0. The second-order valence-electron chi connectivity index (χ2n) is 14.9. The molecule has 0 spiro atoms. The highest BCUT2D eigenvalue weighted by Gasteiger charge is 2.23. The molecule has 57 heavy (non-hydrogen) atoms. The highest BCUT2D eigenvalue weighted by atomic mass is 15.1. The van der Waals surface area contributed by atoms with E-state index in [0.29, 0.717) is 0 Å². The van der Waals surface area contributed by atoms with Crippen LogP contribution in [0.3, 0.4) is 0 Å². The van der Waals surface area contributed by atoms with Crippen LogP contribution in [0.15, 0.2) is 212 Å². The molecule has 3 heterocycles. The lowest BCUT2D eigenvalue weighted by Crippen LogP contribution is -2.10. The highest BCUT2D eigenvalue weighted by Crippen LogP contribution is 2.46. The number of benzene rings is 9. The van der Waals surface area contributed by atoms with Gasteiger partial charge in [0, 0.05) is 49.7 Å². The van der Waals surface area contributed by atoms with Crippen molar-refractivity contribution in [3.63, 3.8) is 0 Å². The Morgan fingerprint density at radius 2 is 0.807 bits per heavy atom.